The molecule has 0 amide bonds. The number of rotatable bonds is 4. The Bertz CT molecular complexity index is 650. The molecule has 0 fully saturated rings. The summed E-state index contributed by atoms with van der Waals surface area (Å²) in [5.74, 6) is 0. The minimum absolute atomic E-state index is 0.329. The van der Waals surface area contributed by atoms with Crippen molar-refractivity contribution < 1.29 is 4.74 Å². The van der Waals surface area contributed by atoms with Gasteiger partial charge in [0.05, 0.1) is 12.1 Å². The maximum Gasteiger partial charge on any atom is 0.0881 e. The predicted octanol–water partition coefficient (Wildman–Crippen LogP) is 3.41. The third-order valence-electron chi connectivity index (χ3n) is 4.29. The van der Waals surface area contributed by atoms with E-state index in [-0.39, 0.29) is 5.54 Å². The quantitative estimate of drug-likeness (QED) is 0.866. The first-order chi connectivity index (χ1) is 10.3. The van der Waals surface area contributed by atoms with Crippen LogP contribution in [0.4, 0.5) is 0 Å². The number of hydrogen-bond donors (Lipinski definition) is 1. The summed E-state index contributed by atoms with van der Waals surface area (Å²) in [6, 6.07) is 17.1. The summed E-state index contributed by atoms with van der Waals surface area (Å²) in [7, 11) is 1.74. The fourth-order valence-electron chi connectivity index (χ4n) is 3.33. The Morgan fingerprint density at radius 2 is 1.86 bits per heavy atom. The third-order valence-corrected chi connectivity index (χ3v) is 4.29. The van der Waals surface area contributed by atoms with Gasteiger partial charge in [-0.25, -0.2) is 0 Å². The topological polar surface area (TPSA) is 21.3 Å². The first-order valence-electron chi connectivity index (χ1n) is 7.36. The zero-order valence-corrected chi connectivity index (χ0v) is 12.4. The zero-order valence-electron chi connectivity index (χ0n) is 12.4. The number of ether oxygens (including phenoxy) is 1. The largest absolute Gasteiger partial charge is 0.380 e. The summed E-state index contributed by atoms with van der Waals surface area (Å²) in [6.45, 7) is 5.69. The van der Waals surface area contributed by atoms with Crippen molar-refractivity contribution in [3.8, 4) is 0 Å². The molecule has 0 bridgehead atoms. The molecule has 1 heterocycles. The summed E-state index contributed by atoms with van der Waals surface area (Å²) in [5, 5.41) is 3.68. The highest BCUT2D eigenvalue weighted by Crippen LogP contribution is 2.37. The van der Waals surface area contributed by atoms with Crippen molar-refractivity contribution in [3.63, 3.8) is 0 Å². The molecule has 3 rings (SSSR count). The Hall–Kier alpha value is -1.90. The minimum Gasteiger partial charge on any atom is -0.380 e. The Morgan fingerprint density at radius 3 is 2.62 bits per heavy atom. The van der Waals surface area contributed by atoms with Gasteiger partial charge in [0.1, 0.15) is 0 Å². The molecule has 1 atom stereocenters. The van der Waals surface area contributed by atoms with Gasteiger partial charge in [0.25, 0.3) is 0 Å². The highest BCUT2D eigenvalue weighted by molar-refractivity contribution is 5.51. The summed E-state index contributed by atoms with van der Waals surface area (Å²) >= 11 is 0. The fourth-order valence-corrected chi connectivity index (χ4v) is 3.33. The van der Waals surface area contributed by atoms with Gasteiger partial charge in [-0.1, -0.05) is 54.6 Å². The maximum atomic E-state index is 5.37. The van der Waals surface area contributed by atoms with E-state index in [4.69, 9.17) is 4.74 Å². The van der Waals surface area contributed by atoms with E-state index in [9.17, 15) is 0 Å². The van der Waals surface area contributed by atoms with Gasteiger partial charge in [0.15, 0.2) is 0 Å². The van der Waals surface area contributed by atoms with Crippen LogP contribution in [0.15, 0.2) is 61.2 Å². The van der Waals surface area contributed by atoms with Gasteiger partial charge in [-0.2, -0.15) is 0 Å². The molecule has 0 aromatic heterocycles. The highest BCUT2D eigenvalue weighted by Gasteiger charge is 2.36. The Labute approximate surface area is 126 Å². The number of methoxy groups -OCH3 is 1. The van der Waals surface area contributed by atoms with Crippen LogP contribution in [0.1, 0.15) is 22.3 Å². The van der Waals surface area contributed by atoms with Crippen molar-refractivity contribution in [2.75, 3.05) is 13.7 Å². The lowest BCUT2D eigenvalue weighted by atomic mass is 9.76. The first kappa shape index (κ1) is 14.1. The van der Waals surface area contributed by atoms with Crippen LogP contribution in [0.5, 0.6) is 0 Å². The van der Waals surface area contributed by atoms with Gasteiger partial charge in [0.2, 0.25) is 0 Å². The lowest BCUT2D eigenvalue weighted by Gasteiger charge is -2.39. The smallest absolute Gasteiger partial charge is 0.0881 e. The second-order valence-corrected chi connectivity index (χ2v) is 5.44. The van der Waals surface area contributed by atoms with Gasteiger partial charge < -0.3 is 10.1 Å². The SMILES string of the molecule is C=CC1(c2ccccc2COC)NCCc2ccccc21. The third kappa shape index (κ3) is 2.31. The predicted molar refractivity (Wildman–Crippen MR) is 86.3 cm³/mol. The van der Waals surface area contributed by atoms with E-state index in [1.165, 1.54) is 22.3 Å². The van der Waals surface area contributed by atoms with Gasteiger partial charge in [0, 0.05) is 13.7 Å². The number of nitrogens with one attached hydrogen (secondary N) is 1. The van der Waals surface area contributed by atoms with Crippen molar-refractivity contribution in [1.29, 1.82) is 0 Å². The Balaban J connectivity index is 2.21. The molecule has 108 valence electrons. The van der Waals surface area contributed by atoms with E-state index in [1.54, 1.807) is 7.11 Å². The van der Waals surface area contributed by atoms with Gasteiger partial charge in [-0.05, 0) is 28.7 Å². The molecule has 0 aliphatic carbocycles. The normalized spacial score (nSPS) is 20.8. The monoisotopic (exact) mass is 279 g/mol. The lowest BCUT2D eigenvalue weighted by Crippen LogP contribution is -2.47. The van der Waals surface area contributed by atoms with E-state index in [0.29, 0.717) is 6.61 Å². The molecule has 2 aromatic carbocycles. The Kier molecular flexibility index (Phi) is 3.91. The summed E-state index contributed by atoms with van der Waals surface area (Å²) in [5.41, 5.74) is 4.79. The van der Waals surface area contributed by atoms with E-state index < -0.39 is 0 Å². The minimum atomic E-state index is -0.329. The van der Waals surface area contributed by atoms with Crippen molar-refractivity contribution in [3.05, 3.63) is 83.4 Å². The van der Waals surface area contributed by atoms with Crippen LogP contribution in [0.25, 0.3) is 0 Å². The Morgan fingerprint density at radius 1 is 1.14 bits per heavy atom. The molecule has 0 saturated carbocycles. The van der Waals surface area contributed by atoms with Crippen molar-refractivity contribution in [2.45, 2.75) is 18.6 Å². The summed E-state index contributed by atoms with van der Waals surface area (Å²) in [4.78, 5) is 0. The molecule has 21 heavy (non-hydrogen) atoms. The first-order valence-corrected chi connectivity index (χ1v) is 7.36. The molecule has 0 radical (unpaired) electrons. The second-order valence-electron chi connectivity index (χ2n) is 5.44. The van der Waals surface area contributed by atoms with Gasteiger partial charge >= 0.3 is 0 Å². The number of benzene rings is 2. The lowest BCUT2D eigenvalue weighted by molar-refractivity contribution is 0.183. The number of hydrogen-bond acceptors (Lipinski definition) is 2. The van der Waals surface area contributed by atoms with E-state index in [1.807, 2.05) is 6.08 Å². The fraction of sp³-hybridized carbons (Fsp3) is 0.263. The van der Waals surface area contributed by atoms with Crippen LogP contribution in [-0.2, 0) is 23.3 Å². The van der Waals surface area contributed by atoms with E-state index >= 15 is 0 Å². The average Bonchev–Trinajstić information content (AvgIpc) is 2.55. The van der Waals surface area contributed by atoms with Crippen LogP contribution in [0.3, 0.4) is 0 Å². The molecular formula is C19H21NO. The highest BCUT2D eigenvalue weighted by atomic mass is 16.5. The summed E-state index contributed by atoms with van der Waals surface area (Å²) < 4.78 is 5.37. The van der Waals surface area contributed by atoms with E-state index in [2.05, 4.69) is 60.4 Å². The standard InChI is InChI=1S/C19H21NO/c1-3-19(18-11-7-5-9-16(18)14-21-2)17-10-6-4-8-15(17)12-13-20-19/h3-11,20H,1,12-14H2,2H3. The molecule has 1 aliphatic heterocycles. The molecule has 1 unspecified atom stereocenters. The molecule has 0 saturated heterocycles. The molecule has 1 aliphatic rings. The number of fused-ring (bicyclic) bond motifs is 1. The van der Waals surface area contributed by atoms with Crippen molar-refractivity contribution >= 4 is 0 Å². The van der Waals surface area contributed by atoms with Gasteiger partial charge in [-0.3, -0.25) is 0 Å². The second kappa shape index (κ2) is 5.84. The van der Waals surface area contributed by atoms with Gasteiger partial charge in [-0.15, -0.1) is 6.58 Å². The molecule has 0 spiro atoms. The van der Waals surface area contributed by atoms with Crippen molar-refractivity contribution in [2.24, 2.45) is 0 Å². The van der Waals surface area contributed by atoms with Crippen LogP contribution in [-0.4, -0.2) is 13.7 Å². The molecule has 2 heteroatoms. The van der Waals surface area contributed by atoms with Crippen LogP contribution >= 0.6 is 0 Å². The van der Waals surface area contributed by atoms with Crippen LogP contribution in [0, 0.1) is 0 Å². The molecule has 2 nitrogen and oxygen atoms in total. The van der Waals surface area contributed by atoms with Crippen LogP contribution < -0.4 is 5.32 Å². The summed E-state index contributed by atoms with van der Waals surface area (Å²) in [6.07, 6.45) is 3.08. The van der Waals surface area contributed by atoms with Crippen LogP contribution in [0.2, 0.25) is 0 Å². The maximum absolute atomic E-state index is 5.37. The molecule has 2 aromatic rings. The van der Waals surface area contributed by atoms with E-state index in [0.717, 1.165) is 13.0 Å². The van der Waals surface area contributed by atoms with Crippen molar-refractivity contribution in [1.82, 2.24) is 5.32 Å². The average molecular weight is 279 g/mol. The molecular weight excluding hydrogens is 258 g/mol. The zero-order chi connectivity index (χ0) is 14.7. The molecule has 1 N–H and O–H groups in total.